The van der Waals surface area contributed by atoms with Crippen LogP contribution in [0.15, 0.2) is 12.2 Å². The molecule has 1 fully saturated rings. The molecule has 1 atom stereocenters. The number of unbranched alkanes of at least 4 members (excludes halogenated alkanes) is 4. The van der Waals surface area contributed by atoms with Crippen molar-refractivity contribution in [1.29, 1.82) is 0 Å². The summed E-state index contributed by atoms with van der Waals surface area (Å²) in [6.45, 7) is 2.18. The van der Waals surface area contributed by atoms with Gasteiger partial charge in [0.25, 0.3) is 0 Å². The molecule has 0 aromatic heterocycles. The summed E-state index contributed by atoms with van der Waals surface area (Å²) in [5.41, 5.74) is 0. The van der Waals surface area contributed by atoms with Gasteiger partial charge in [-0.3, -0.25) is 9.59 Å². The molecule has 0 bridgehead atoms. The highest BCUT2D eigenvalue weighted by molar-refractivity contribution is 5.95. The van der Waals surface area contributed by atoms with E-state index in [4.69, 9.17) is 0 Å². The number of esters is 2. The van der Waals surface area contributed by atoms with E-state index in [1.807, 2.05) is 6.08 Å². The number of ether oxygens (including phenoxy) is 1. The molecule has 1 heterocycles. The molecule has 0 aromatic carbocycles. The summed E-state index contributed by atoms with van der Waals surface area (Å²) >= 11 is 0. The SMILES string of the molecule is CCCCCC/C=C/[C@H]1CC(=O)OC1=O. The summed E-state index contributed by atoms with van der Waals surface area (Å²) in [6, 6.07) is 0. The van der Waals surface area contributed by atoms with Gasteiger partial charge in [0.2, 0.25) is 0 Å². The third-order valence-electron chi connectivity index (χ3n) is 2.50. The maximum atomic E-state index is 11.1. The lowest BCUT2D eigenvalue weighted by Crippen LogP contribution is -2.03. The van der Waals surface area contributed by atoms with Crippen molar-refractivity contribution in [3.8, 4) is 0 Å². The molecule has 0 N–H and O–H groups in total. The molecule has 0 aromatic rings. The predicted octanol–water partition coefficient (Wildman–Crippen LogP) is 2.60. The predicted molar refractivity (Wildman–Crippen MR) is 57.1 cm³/mol. The van der Waals surface area contributed by atoms with Gasteiger partial charge in [0.15, 0.2) is 0 Å². The fourth-order valence-electron chi connectivity index (χ4n) is 1.59. The molecule has 0 unspecified atom stereocenters. The first-order valence-corrected chi connectivity index (χ1v) is 5.65. The van der Waals surface area contributed by atoms with E-state index in [9.17, 15) is 9.59 Å². The van der Waals surface area contributed by atoms with Gasteiger partial charge in [-0.05, 0) is 12.8 Å². The number of allylic oxidation sites excluding steroid dienone is 1. The minimum absolute atomic E-state index is 0.213. The van der Waals surface area contributed by atoms with E-state index in [1.165, 1.54) is 19.3 Å². The molecule has 0 radical (unpaired) electrons. The van der Waals surface area contributed by atoms with Gasteiger partial charge in [-0.25, -0.2) is 0 Å². The first-order chi connectivity index (χ1) is 7.24. The van der Waals surface area contributed by atoms with Gasteiger partial charge in [0.05, 0.1) is 12.3 Å². The van der Waals surface area contributed by atoms with Crippen LogP contribution < -0.4 is 0 Å². The van der Waals surface area contributed by atoms with E-state index < -0.39 is 11.9 Å². The second-order valence-corrected chi connectivity index (χ2v) is 3.88. The van der Waals surface area contributed by atoms with E-state index in [-0.39, 0.29) is 12.3 Å². The molecule has 15 heavy (non-hydrogen) atoms. The lowest BCUT2D eigenvalue weighted by molar-refractivity contribution is -0.152. The first-order valence-electron chi connectivity index (χ1n) is 5.65. The molecule has 1 saturated heterocycles. The standard InChI is InChI=1S/C12H18O3/c1-2-3-4-5-6-7-8-10-9-11(13)15-12(10)14/h7-8,10H,2-6,9H2,1H3/b8-7+/t10-/m0/s1. The Morgan fingerprint density at radius 3 is 2.73 bits per heavy atom. The van der Waals surface area contributed by atoms with Crippen LogP contribution in [-0.2, 0) is 14.3 Å². The van der Waals surface area contributed by atoms with Crippen LogP contribution in [0.1, 0.15) is 45.4 Å². The molecular weight excluding hydrogens is 192 g/mol. The zero-order valence-corrected chi connectivity index (χ0v) is 9.20. The summed E-state index contributed by atoms with van der Waals surface area (Å²) in [5, 5.41) is 0. The number of carbonyl (C=O) groups is 2. The molecule has 1 rings (SSSR count). The van der Waals surface area contributed by atoms with Crippen molar-refractivity contribution < 1.29 is 14.3 Å². The van der Waals surface area contributed by atoms with Crippen LogP contribution in [0.4, 0.5) is 0 Å². The number of rotatable bonds is 6. The smallest absolute Gasteiger partial charge is 0.321 e. The molecule has 1 aliphatic rings. The topological polar surface area (TPSA) is 43.4 Å². The van der Waals surface area contributed by atoms with E-state index in [1.54, 1.807) is 6.08 Å². The fraction of sp³-hybridized carbons (Fsp3) is 0.667. The summed E-state index contributed by atoms with van der Waals surface area (Å²) in [6.07, 6.45) is 9.86. The Labute approximate surface area is 90.5 Å². The van der Waals surface area contributed by atoms with Gasteiger partial charge >= 0.3 is 11.9 Å². The monoisotopic (exact) mass is 210 g/mol. The van der Waals surface area contributed by atoms with Crippen LogP contribution >= 0.6 is 0 Å². The first kappa shape index (κ1) is 12.0. The third-order valence-corrected chi connectivity index (χ3v) is 2.50. The summed E-state index contributed by atoms with van der Waals surface area (Å²) in [4.78, 5) is 21.8. The Bertz CT molecular complexity index is 256. The van der Waals surface area contributed by atoms with Crippen LogP contribution in [0.5, 0.6) is 0 Å². The van der Waals surface area contributed by atoms with Crippen LogP contribution in [-0.4, -0.2) is 11.9 Å². The summed E-state index contributed by atoms with van der Waals surface area (Å²) in [5.74, 6) is -1.13. The van der Waals surface area contributed by atoms with E-state index in [0.717, 1.165) is 12.8 Å². The van der Waals surface area contributed by atoms with E-state index in [0.29, 0.717) is 0 Å². The van der Waals surface area contributed by atoms with Crippen molar-refractivity contribution in [2.75, 3.05) is 0 Å². The van der Waals surface area contributed by atoms with Gasteiger partial charge in [-0.1, -0.05) is 38.3 Å². The van der Waals surface area contributed by atoms with Crippen molar-refractivity contribution in [2.45, 2.75) is 45.4 Å². The Kier molecular flexibility index (Phi) is 5.08. The molecular formula is C12H18O3. The number of cyclic esters (lactones) is 2. The summed E-state index contributed by atoms with van der Waals surface area (Å²) in [7, 11) is 0. The zero-order chi connectivity index (χ0) is 11.1. The highest BCUT2D eigenvalue weighted by atomic mass is 16.6. The quantitative estimate of drug-likeness (QED) is 0.293. The van der Waals surface area contributed by atoms with E-state index >= 15 is 0 Å². The molecule has 3 nitrogen and oxygen atoms in total. The second kappa shape index (κ2) is 6.38. The Morgan fingerprint density at radius 1 is 1.33 bits per heavy atom. The lowest BCUT2D eigenvalue weighted by atomic mass is 10.1. The maximum Gasteiger partial charge on any atom is 0.321 e. The highest BCUT2D eigenvalue weighted by Crippen LogP contribution is 2.17. The Hall–Kier alpha value is -1.12. The van der Waals surface area contributed by atoms with Crippen molar-refractivity contribution in [3.05, 3.63) is 12.2 Å². The molecule has 0 amide bonds. The molecule has 1 aliphatic heterocycles. The van der Waals surface area contributed by atoms with Gasteiger partial charge < -0.3 is 4.74 Å². The zero-order valence-electron chi connectivity index (χ0n) is 9.20. The molecule has 84 valence electrons. The minimum Gasteiger partial charge on any atom is -0.393 e. The third kappa shape index (κ3) is 4.28. The Morgan fingerprint density at radius 2 is 2.13 bits per heavy atom. The van der Waals surface area contributed by atoms with Crippen molar-refractivity contribution in [1.82, 2.24) is 0 Å². The van der Waals surface area contributed by atoms with Gasteiger partial charge in [0, 0.05) is 0 Å². The number of hydrogen-bond donors (Lipinski definition) is 0. The number of carbonyl (C=O) groups excluding carboxylic acids is 2. The average Bonchev–Trinajstić information content (AvgIpc) is 2.51. The van der Waals surface area contributed by atoms with Crippen LogP contribution in [0, 0.1) is 5.92 Å². The largest absolute Gasteiger partial charge is 0.393 e. The van der Waals surface area contributed by atoms with Gasteiger partial charge in [0.1, 0.15) is 0 Å². The maximum absolute atomic E-state index is 11.1. The van der Waals surface area contributed by atoms with Crippen molar-refractivity contribution >= 4 is 11.9 Å². The van der Waals surface area contributed by atoms with Crippen molar-refractivity contribution in [3.63, 3.8) is 0 Å². The average molecular weight is 210 g/mol. The van der Waals surface area contributed by atoms with Crippen LogP contribution in [0.3, 0.4) is 0 Å². The molecule has 0 spiro atoms. The second-order valence-electron chi connectivity index (χ2n) is 3.88. The number of hydrogen-bond acceptors (Lipinski definition) is 3. The van der Waals surface area contributed by atoms with Gasteiger partial charge in [-0.2, -0.15) is 0 Å². The molecule has 0 aliphatic carbocycles. The molecule has 0 saturated carbocycles. The van der Waals surface area contributed by atoms with Gasteiger partial charge in [-0.15, -0.1) is 0 Å². The Balaban J connectivity index is 2.15. The van der Waals surface area contributed by atoms with Crippen LogP contribution in [0.25, 0.3) is 0 Å². The summed E-state index contributed by atoms with van der Waals surface area (Å²) < 4.78 is 4.44. The van der Waals surface area contributed by atoms with Crippen LogP contribution in [0.2, 0.25) is 0 Å². The van der Waals surface area contributed by atoms with E-state index in [2.05, 4.69) is 11.7 Å². The normalized spacial score (nSPS) is 21.3. The minimum atomic E-state index is -0.402. The lowest BCUT2D eigenvalue weighted by Gasteiger charge is -1.96. The van der Waals surface area contributed by atoms with Crippen molar-refractivity contribution in [2.24, 2.45) is 5.92 Å². The highest BCUT2D eigenvalue weighted by Gasteiger charge is 2.30. The molecule has 3 heteroatoms. The fourth-order valence-corrected chi connectivity index (χ4v) is 1.59.